The van der Waals surface area contributed by atoms with Crippen LogP contribution in [0.1, 0.15) is 56.9 Å². The number of esters is 1. The summed E-state index contributed by atoms with van der Waals surface area (Å²) >= 11 is 0. The molecule has 1 saturated heterocycles. The molecule has 9 heteroatoms. The Hall–Kier alpha value is -3.23. The van der Waals surface area contributed by atoms with Crippen molar-refractivity contribution in [1.82, 2.24) is 20.4 Å². The summed E-state index contributed by atoms with van der Waals surface area (Å²) in [4.78, 5) is 42.0. The van der Waals surface area contributed by atoms with Crippen LogP contribution in [0.25, 0.3) is 11.4 Å². The average Bonchev–Trinajstić information content (AvgIpc) is 3.44. The summed E-state index contributed by atoms with van der Waals surface area (Å²) in [7, 11) is 0. The first-order valence-corrected chi connectivity index (χ1v) is 10.1. The number of rotatable bonds is 6. The Bertz CT molecular complexity index is 960. The van der Waals surface area contributed by atoms with Crippen LogP contribution < -0.4 is 5.32 Å². The number of hydrogen-bond donors (Lipinski definition) is 1. The van der Waals surface area contributed by atoms with Crippen LogP contribution in [0, 0.1) is 0 Å². The van der Waals surface area contributed by atoms with E-state index in [1.54, 1.807) is 0 Å². The minimum atomic E-state index is -0.843. The molecule has 1 aliphatic heterocycles. The van der Waals surface area contributed by atoms with Gasteiger partial charge < -0.3 is 14.6 Å². The van der Waals surface area contributed by atoms with E-state index in [-0.39, 0.29) is 18.4 Å². The maximum Gasteiger partial charge on any atom is 0.326 e. The van der Waals surface area contributed by atoms with Crippen molar-refractivity contribution in [2.75, 3.05) is 6.54 Å². The maximum absolute atomic E-state index is 12.6. The Morgan fingerprint density at radius 1 is 1.23 bits per heavy atom. The molecule has 2 aromatic rings. The Morgan fingerprint density at radius 3 is 2.60 bits per heavy atom. The second-order valence-corrected chi connectivity index (χ2v) is 8.06. The zero-order valence-corrected chi connectivity index (χ0v) is 17.0. The Morgan fingerprint density at radius 2 is 1.93 bits per heavy atom. The number of carbonyl (C=O) groups is 3. The number of benzene rings is 1. The number of nitrogens with one attached hydrogen (secondary N) is 1. The van der Waals surface area contributed by atoms with Gasteiger partial charge in [-0.05, 0) is 24.3 Å². The number of ether oxygens (including phenoxy) is 1. The Balaban J connectivity index is 1.32. The molecule has 0 atom stereocenters. The molecule has 4 rings (SSSR count). The molecule has 30 heavy (non-hydrogen) atoms. The standard InChI is InChI=1S/C21H24N4O5/c1-13(2)14-5-7-15(8-6-14)18-22-16(30-24-18)12-29-17(26)11-25-19(27)21(23-20(25)28)9-3-4-10-21/h5-8,13H,3-4,9-12H2,1-2H3,(H,23,28). The van der Waals surface area contributed by atoms with Crippen LogP contribution in [0.15, 0.2) is 28.8 Å². The third kappa shape index (κ3) is 3.79. The molecule has 9 nitrogen and oxygen atoms in total. The van der Waals surface area contributed by atoms with Crippen molar-refractivity contribution in [2.45, 2.75) is 57.6 Å². The molecule has 2 heterocycles. The lowest BCUT2D eigenvalue weighted by atomic mass is 9.98. The minimum absolute atomic E-state index is 0.135. The molecule has 1 spiro atoms. The van der Waals surface area contributed by atoms with Gasteiger partial charge in [-0.15, -0.1) is 0 Å². The van der Waals surface area contributed by atoms with Gasteiger partial charge in [-0.3, -0.25) is 14.5 Å². The van der Waals surface area contributed by atoms with Gasteiger partial charge in [0.1, 0.15) is 12.1 Å². The van der Waals surface area contributed by atoms with Crippen molar-refractivity contribution in [2.24, 2.45) is 0 Å². The molecule has 2 aliphatic rings. The minimum Gasteiger partial charge on any atom is -0.454 e. The van der Waals surface area contributed by atoms with Gasteiger partial charge in [0.2, 0.25) is 5.82 Å². The molecule has 1 aromatic heterocycles. The molecular weight excluding hydrogens is 388 g/mol. The van der Waals surface area contributed by atoms with Crippen LogP contribution in [0.3, 0.4) is 0 Å². The maximum atomic E-state index is 12.6. The van der Waals surface area contributed by atoms with Crippen molar-refractivity contribution >= 4 is 17.9 Å². The first-order valence-electron chi connectivity index (χ1n) is 10.1. The lowest BCUT2D eigenvalue weighted by molar-refractivity contribution is -0.149. The van der Waals surface area contributed by atoms with Gasteiger partial charge >= 0.3 is 12.0 Å². The van der Waals surface area contributed by atoms with Crippen molar-refractivity contribution in [3.8, 4) is 11.4 Å². The third-order valence-electron chi connectivity index (χ3n) is 5.65. The van der Waals surface area contributed by atoms with E-state index in [2.05, 4.69) is 29.3 Å². The third-order valence-corrected chi connectivity index (χ3v) is 5.65. The number of aromatic nitrogens is 2. The summed E-state index contributed by atoms with van der Waals surface area (Å²) < 4.78 is 10.3. The van der Waals surface area contributed by atoms with E-state index in [1.165, 1.54) is 5.56 Å². The number of urea groups is 1. The number of imide groups is 1. The predicted molar refractivity (Wildman–Crippen MR) is 105 cm³/mol. The first-order chi connectivity index (χ1) is 14.4. The van der Waals surface area contributed by atoms with Crippen LogP contribution in [0.2, 0.25) is 0 Å². The summed E-state index contributed by atoms with van der Waals surface area (Å²) in [6.45, 7) is 3.56. The van der Waals surface area contributed by atoms with Gasteiger partial charge in [-0.1, -0.05) is 56.1 Å². The van der Waals surface area contributed by atoms with Gasteiger partial charge in [-0.2, -0.15) is 4.98 Å². The van der Waals surface area contributed by atoms with E-state index in [9.17, 15) is 14.4 Å². The van der Waals surface area contributed by atoms with Crippen LogP contribution in [-0.2, 0) is 20.9 Å². The molecule has 1 N–H and O–H groups in total. The summed E-state index contributed by atoms with van der Waals surface area (Å²) in [5, 5.41) is 6.64. The first kappa shape index (κ1) is 20.1. The SMILES string of the molecule is CC(C)c1ccc(-c2noc(COC(=O)CN3C(=O)NC4(CCCC4)C3=O)n2)cc1. The largest absolute Gasteiger partial charge is 0.454 e. The molecule has 0 radical (unpaired) electrons. The summed E-state index contributed by atoms with van der Waals surface area (Å²) in [6.07, 6.45) is 2.96. The summed E-state index contributed by atoms with van der Waals surface area (Å²) in [5.74, 6) is -0.113. The fourth-order valence-corrected chi connectivity index (χ4v) is 3.90. The van der Waals surface area contributed by atoms with Crippen molar-refractivity contribution < 1.29 is 23.6 Å². The highest BCUT2D eigenvalue weighted by Crippen LogP contribution is 2.34. The summed E-state index contributed by atoms with van der Waals surface area (Å²) in [5.41, 5.74) is 1.15. The van der Waals surface area contributed by atoms with E-state index in [1.807, 2.05) is 24.3 Å². The second-order valence-electron chi connectivity index (χ2n) is 8.06. The van der Waals surface area contributed by atoms with Crippen molar-refractivity contribution in [3.63, 3.8) is 0 Å². The molecule has 1 aromatic carbocycles. The van der Waals surface area contributed by atoms with Gasteiger partial charge in [0.15, 0.2) is 6.61 Å². The zero-order valence-electron chi connectivity index (χ0n) is 17.0. The molecule has 0 unspecified atom stereocenters. The van der Waals surface area contributed by atoms with Gasteiger partial charge in [0.25, 0.3) is 11.8 Å². The van der Waals surface area contributed by atoms with E-state index in [4.69, 9.17) is 9.26 Å². The van der Waals surface area contributed by atoms with Crippen LogP contribution in [-0.4, -0.2) is 45.0 Å². The van der Waals surface area contributed by atoms with Crippen LogP contribution in [0.5, 0.6) is 0 Å². The van der Waals surface area contributed by atoms with Crippen molar-refractivity contribution in [3.05, 3.63) is 35.7 Å². The highest BCUT2D eigenvalue weighted by Gasteiger charge is 2.52. The normalized spacial score (nSPS) is 17.8. The van der Waals surface area contributed by atoms with Crippen LogP contribution in [0.4, 0.5) is 4.79 Å². The number of carbonyl (C=O) groups excluding carboxylic acids is 3. The van der Waals surface area contributed by atoms with E-state index in [0.29, 0.717) is 24.6 Å². The van der Waals surface area contributed by atoms with Crippen molar-refractivity contribution in [1.29, 1.82) is 0 Å². The van der Waals surface area contributed by atoms with Gasteiger partial charge in [-0.25, -0.2) is 4.79 Å². The fraction of sp³-hybridized carbons (Fsp3) is 0.476. The topological polar surface area (TPSA) is 115 Å². The van der Waals surface area contributed by atoms with Gasteiger partial charge in [0.05, 0.1) is 0 Å². The molecule has 158 valence electrons. The average molecular weight is 412 g/mol. The molecule has 0 bridgehead atoms. The zero-order chi connectivity index (χ0) is 21.3. The number of amides is 3. The lowest BCUT2D eigenvalue weighted by Crippen LogP contribution is -2.44. The second kappa shape index (κ2) is 7.89. The van der Waals surface area contributed by atoms with E-state index >= 15 is 0 Å². The number of hydrogen-bond acceptors (Lipinski definition) is 7. The Kier molecular flexibility index (Phi) is 5.27. The monoisotopic (exact) mass is 412 g/mol. The fourth-order valence-electron chi connectivity index (χ4n) is 3.90. The highest BCUT2D eigenvalue weighted by molar-refractivity contribution is 6.08. The van der Waals surface area contributed by atoms with Gasteiger partial charge in [0, 0.05) is 5.56 Å². The highest BCUT2D eigenvalue weighted by atomic mass is 16.6. The molecular formula is C21H24N4O5. The summed E-state index contributed by atoms with van der Waals surface area (Å²) in [6, 6.07) is 7.28. The van der Waals surface area contributed by atoms with E-state index < -0.39 is 24.1 Å². The Labute approximate surface area is 173 Å². The molecule has 2 fully saturated rings. The lowest BCUT2D eigenvalue weighted by Gasteiger charge is -2.19. The smallest absolute Gasteiger partial charge is 0.326 e. The quantitative estimate of drug-likeness (QED) is 0.573. The predicted octanol–water partition coefficient (Wildman–Crippen LogP) is 2.77. The molecule has 3 amide bonds. The van der Waals surface area contributed by atoms with E-state index in [0.717, 1.165) is 23.3 Å². The van der Waals surface area contributed by atoms with Crippen LogP contribution >= 0.6 is 0 Å². The number of nitrogens with zero attached hydrogens (tertiary/aromatic N) is 3. The molecule has 1 aliphatic carbocycles. The molecule has 1 saturated carbocycles.